The molecule has 1 fully saturated rings. The number of allylic oxidation sites excluding steroid dienone is 1. The number of carboxylic acids is 1. The van der Waals surface area contributed by atoms with E-state index in [1.807, 2.05) is 19.9 Å². The Kier molecular flexibility index (Phi) is 7.94. The topological polar surface area (TPSA) is 72.8 Å². The number of carbonyl (C=O) groups excluding carboxylic acids is 1. The fourth-order valence-corrected chi connectivity index (χ4v) is 2.88. The monoisotopic (exact) mass is 340 g/mol. The van der Waals surface area contributed by atoms with Crippen LogP contribution in [0.3, 0.4) is 0 Å². The van der Waals surface area contributed by atoms with Gasteiger partial charge in [0.2, 0.25) is 0 Å². The molecule has 1 aliphatic rings. The third-order valence-electron chi connectivity index (χ3n) is 4.03. The number of hydrogen-bond acceptors (Lipinski definition) is 4. The van der Waals surface area contributed by atoms with Gasteiger partial charge in [0, 0.05) is 0 Å². The van der Waals surface area contributed by atoms with Crippen LogP contribution in [0, 0.1) is 17.8 Å². The summed E-state index contributed by atoms with van der Waals surface area (Å²) in [5.41, 5.74) is 0.616. The first-order chi connectivity index (χ1) is 11.1. The number of carbonyl (C=O) groups is 2. The molecule has 0 aliphatic carbocycles. The summed E-state index contributed by atoms with van der Waals surface area (Å²) in [6, 6.07) is 0. The van der Waals surface area contributed by atoms with Gasteiger partial charge >= 0.3 is 11.9 Å². The van der Waals surface area contributed by atoms with E-state index in [-0.39, 0.29) is 5.92 Å². The van der Waals surface area contributed by atoms with Gasteiger partial charge in [0.05, 0.1) is 25.0 Å². The molecule has 5 heteroatoms. The van der Waals surface area contributed by atoms with Crippen LogP contribution in [-0.2, 0) is 19.1 Å². The Bertz CT molecular complexity index is 451. The van der Waals surface area contributed by atoms with Gasteiger partial charge < -0.3 is 14.6 Å². The van der Waals surface area contributed by atoms with E-state index in [4.69, 9.17) is 9.47 Å². The molecular weight excluding hydrogens is 308 g/mol. The fourth-order valence-electron chi connectivity index (χ4n) is 2.88. The largest absolute Gasteiger partial charge is 0.481 e. The zero-order valence-corrected chi connectivity index (χ0v) is 15.6. The van der Waals surface area contributed by atoms with Crippen LogP contribution in [-0.4, -0.2) is 35.9 Å². The molecule has 0 amide bonds. The van der Waals surface area contributed by atoms with Crippen molar-refractivity contribution in [2.45, 2.75) is 65.9 Å². The molecule has 5 nitrogen and oxygen atoms in total. The predicted molar refractivity (Wildman–Crippen MR) is 92.7 cm³/mol. The second kappa shape index (κ2) is 9.21. The fraction of sp³-hybridized carbons (Fsp3) is 0.789. The summed E-state index contributed by atoms with van der Waals surface area (Å²) in [6.07, 6.45) is 4.60. The van der Waals surface area contributed by atoms with Crippen molar-refractivity contribution >= 4 is 11.9 Å². The first kappa shape index (κ1) is 20.7. The van der Waals surface area contributed by atoms with E-state index >= 15 is 0 Å². The standard InChI is InChI=1S/C19H32O5/c1-13(2)12-16(17(20)21)15(18(22)24-19(3,4)5)7-6-14-8-10-23-11-9-14/h6,13,15-16H,7-12H2,1-5H3,(H,20,21)/t15-,16+/m0/s1. The van der Waals surface area contributed by atoms with E-state index in [0.717, 1.165) is 12.8 Å². The number of ether oxygens (including phenoxy) is 2. The van der Waals surface area contributed by atoms with Gasteiger partial charge in [0.1, 0.15) is 5.60 Å². The number of aliphatic carboxylic acids is 1. The first-order valence-corrected chi connectivity index (χ1v) is 8.81. The van der Waals surface area contributed by atoms with Crippen LogP contribution in [0.5, 0.6) is 0 Å². The Labute approximate surface area is 145 Å². The first-order valence-electron chi connectivity index (χ1n) is 8.81. The third-order valence-corrected chi connectivity index (χ3v) is 4.03. The third kappa shape index (κ3) is 7.47. The van der Waals surface area contributed by atoms with Crippen molar-refractivity contribution < 1.29 is 24.2 Å². The highest BCUT2D eigenvalue weighted by Crippen LogP contribution is 2.29. The maximum absolute atomic E-state index is 12.6. The highest BCUT2D eigenvalue weighted by Gasteiger charge is 2.36. The lowest BCUT2D eigenvalue weighted by atomic mass is 9.82. The van der Waals surface area contributed by atoms with Gasteiger partial charge in [-0.1, -0.05) is 25.5 Å². The Morgan fingerprint density at radius 1 is 1.21 bits per heavy atom. The lowest BCUT2D eigenvalue weighted by molar-refractivity contribution is -0.167. The molecule has 0 bridgehead atoms. The summed E-state index contributed by atoms with van der Waals surface area (Å²) in [7, 11) is 0. The number of rotatable bonds is 7. The van der Waals surface area contributed by atoms with Crippen molar-refractivity contribution in [3.8, 4) is 0 Å². The summed E-state index contributed by atoms with van der Waals surface area (Å²) in [4.78, 5) is 24.4. The molecule has 0 spiro atoms. The summed E-state index contributed by atoms with van der Waals surface area (Å²) < 4.78 is 10.8. The van der Waals surface area contributed by atoms with Crippen molar-refractivity contribution in [1.82, 2.24) is 0 Å². The van der Waals surface area contributed by atoms with Gasteiger partial charge in [-0.2, -0.15) is 0 Å². The lowest BCUT2D eigenvalue weighted by Gasteiger charge is -2.28. The Hall–Kier alpha value is -1.36. The van der Waals surface area contributed by atoms with E-state index in [1.54, 1.807) is 20.8 Å². The quantitative estimate of drug-likeness (QED) is 0.563. The highest BCUT2D eigenvalue weighted by molar-refractivity contribution is 5.81. The van der Waals surface area contributed by atoms with Crippen molar-refractivity contribution in [3.63, 3.8) is 0 Å². The van der Waals surface area contributed by atoms with Crippen LogP contribution in [0.1, 0.15) is 60.3 Å². The molecule has 1 saturated heterocycles. The van der Waals surface area contributed by atoms with Crippen LogP contribution in [0.4, 0.5) is 0 Å². The smallest absolute Gasteiger partial charge is 0.310 e. The zero-order chi connectivity index (χ0) is 18.3. The average molecular weight is 340 g/mol. The van der Waals surface area contributed by atoms with E-state index in [0.29, 0.717) is 26.1 Å². The van der Waals surface area contributed by atoms with Gasteiger partial charge in [-0.05, 0) is 52.4 Å². The molecule has 24 heavy (non-hydrogen) atoms. The molecule has 1 aliphatic heterocycles. The van der Waals surface area contributed by atoms with Gasteiger partial charge in [-0.15, -0.1) is 0 Å². The minimum Gasteiger partial charge on any atom is -0.481 e. The molecule has 0 unspecified atom stereocenters. The van der Waals surface area contributed by atoms with Crippen molar-refractivity contribution in [2.24, 2.45) is 17.8 Å². The van der Waals surface area contributed by atoms with Crippen molar-refractivity contribution in [2.75, 3.05) is 13.2 Å². The molecule has 0 aromatic carbocycles. The molecule has 0 radical (unpaired) electrons. The lowest BCUT2D eigenvalue weighted by Crippen LogP contribution is -2.36. The van der Waals surface area contributed by atoms with E-state index in [1.165, 1.54) is 5.57 Å². The molecule has 138 valence electrons. The Morgan fingerprint density at radius 2 is 1.79 bits per heavy atom. The molecule has 0 aromatic rings. The summed E-state index contributed by atoms with van der Waals surface area (Å²) in [5.74, 6) is -2.52. The number of esters is 1. The molecule has 1 rings (SSSR count). The second-order valence-corrected chi connectivity index (χ2v) is 7.92. The summed E-state index contributed by atoms with van der Waals surface area (Å²) in [5, 5.41) is 9.63. The number of hydrogen-bond donors (Lipinski definition) is 1. The van der Waals surface area contributed by atoms with Gasteiger partial charge in [-0.25, -0.2) is 0 Å². The molecular formula is C19H32O5. The van der Waals surface area contributed by atoms with Crippen molar-refractivity contribution in [1.29, 1.82) is 0 Å². The van der Waals surface area contributed by atoms with Crippen molar-refractivity contribution in [3.05, 3.63) is 11.6 Å². The molecule has 1 heterocycles. The molecule has 0 aromatic heterocycles. The van der Waals surface area contributed by atoms with E-state index in [9.17, 15) is 14.7 Å². The second-order valence-electron chi connectivity index (χ2n) is 7.92. The highest BCUT2D eigenvalue weighted by atomic mass is 16.6. The van der Waals surface area contributed by atoms with Gasteiger partial charge in [0.15, 0.2) is 0 Å². The maximum atomic E-state index is 12.6. The van der Waals surface area contributed by atoms with E-state index in [2.05, 4.69) is 0 Å². The van der Waals surface area contributed by atoms with Crippen LogP contribution >= 0.6 is 0 Å². The normalized spacial score (nSPS) is 18.2. The average Bonchev–Trinajstić information content (AvgIpc) is 2.45. The number of carboxylic acid groups (broad SMARTS) is 1. The molecule has 0 saturated carbocycles. The summed E-state index contributed by atoms with van der Waals surface area (Å²) in [6.45, 7) is 10.7. The van der Waals surface area contributed by atoms with Crippen LogP contribution in [0.25, 0.3) is 0 Å². The van der Waals surface area contributed by atoms with Crippen LogP contribution in [0.2, 0.25) is 0 Å². The minimum atomic E-state index is -0.926. The van der Waals surface area contributed by atoms with E-state index < -0.39 is 29.4 Å². The Balaban J connectivity index is 2.95. The SMILES string of the molecule is CC(C)C[C@@H](C(=O)O)[C@H](CC=C1CCOCC1)C(=O)OC(C)(C)C. The predicted octanol–water partition coefficient (Wildman–Crippen LogP) is 3.82. The minimum absolute atomic E-state index is 0.201. The van der Waals surface area contributed by atoms with Gasteiger partial charge in [-0.3, -0.25) is 9.59 Å². The molecule has 2 atom stereocenters. The maximum Gasteiger partial charge on any atom is 0.310 e. The molecule has 1 N–H and O–H groups in total. The van der Waals surface area contributed by atoms with Gasteiger partial charge in [0.25, 0.3) is 0 Å². The van der Waals surface area contributed by atoms with Crippen LogP contribution < -0.4 is 0 Å². The Morgan fingerprint density at radius 3 is 2.25 bits per heavy atom. The van der Waals surface area contributed by atoms with Crippen LogP contribution in [0.15, 0.2) is 11.6 Å². The summed E-state index contributed by atoms with van der Waals surface area (Å²) >= 11 is 0. The zero-order valence-electron chi connectivity index (χ0n) is 15.6.